The molecule has 4 aromatic rings. The monoisotopic (exact) mass is 812 g/mol. The van der Waals surface area contributed by atoms with E-state index in [0.29, 0.717) is 46.2 Å². The number of rotatable bonds is 16. The number of fused-ring (bicyclic) bond motifs is 3. The molecule has 2 amide bonds. The number of benzene rings is 2. The number of halogens is 4. The van der Waals surface area contributed by atoms with Crippen LogP contribution in [0, 0.1) is 11.8 Å². The van der Waals surface area contributed by atoms with E-state index in [9.17, 15) is 27.9 Å². The Morgan fingerprint density at radius 3 is 2.36 bits per heavy atom. The molecule has 14 heteroatoms. The summed E-state index contributed by atoms with van der Waals surface area (Å²) in [6.45, 7) is 10.2. The molecule has 5 rings (SSSR count). The molecule has 0 bridgehead atoms. The van der Waals surface area contributed by atoms with Gasteiger partial charge in [0.2, 0.25) is 11.8 Å². The number of alkyl halides is 3. The van der Waals surface area contributed by atoms with Gasteiger partial charge in [0.25, 0.3) is 0 Å². The molecule has 2 aromatic carbocycles. The molecule has 1 aliphatic rings. The highest BCUT2D eigenvalue weighted by Crippen LogP contribution is 2.40. The quantitative estimate of drug-likeness (QED) is 0.0397. The van der Waals surface area contributed by atoms with Crippen LogP contribution in [0.5, 0.6) is 0 Å². The predicted octanol–water partition coefficient (Wildman–Crippen LogP) is 7.35. The van der Waals surface area contributed by atoms with Crippen LogP contribution in [0.4, 0.5) is 13.2 Å². The first-order valence-corrected chi connectivity index (χ1v) is 20.1. The smallest absolute Gasteiger partial charge is 0.376 e. The number of aryl methyl sites for hydroxylation is 2. The van der Waals surface area contributed by atoms with Gasteiger partial charge in [-0.25, -0.2) is 4.98 Å². The second-order valence-electron chi connectivity index (χ2n) is 15.0. The third-order valence-electron chi connectivity index (χ3n) is 11.3. The summed E-state index contributed by atoms with van der Waals surface area (Å²) in [5, 5.41) is 25.5. The van der Waals surface area contributed by atoms with E-state index in [1.165, 1.54) is 6.07 Å². The van der Waals surface area contributed by atoms with E-state index in [1.807, 2.05) is 65.0 Å². The van der Waals surface area contributed by atoms with Crippen LogP contribution in [0.15, 0.2) is 60.8 Å². The van der Waals surface area contributed by atoms with Crippen molar-refractivity contribution >= 4 is 51.5 Å². The molecule has 2 heterocycles. The van der Waals surface area contributed by atoms with Crippen LogP contribution in [0.2, 0.25) is 5.15 Å². The van der Waals surface area contributed by atoms with Crippen LogP contribution < -0.4 is 21.3 Å². The minimum absolute atomic E-state index is 0.0263. The number of pyridine rings is 1. The van der Waals surface area contributed by atoms with Gasteiger partial charge in [0.15, 0.2) is 0 Å². The third kappa shape index (κ3) is 9.90. The van der Waals surface area contributed by atoms with Crippen molar-refractivity contribution in [2.75, 3.05) is 0 Å². The summed E-state index contributed by atoms with van der Waals surface area (Å²) in [6.07, 6.45) is -1.86. The zero-order valence-corrected chi connectivity index (χ0v) is 34.0. The zero-order chi connectivity index (χ0) is 40.8. The number of para-hydroxylation sites is 1. The topological polar surface area (TPSA) is 131 Å². The predicted molar refractivity (Wildman–Crippen MR) is 218 cm³/mol. The van der Waals surface area contributed by atoms with Gasteiger partial charge in [-0.3, -0.25) is 14.9 Å². The highest BCUT2D eigenvalue weighted by Gasteiger charge is 2.47. The molecule has 9 nitrogen and oxygen atoms in total. The average Bonchev–Trinajstić information content (AvgIpc) is 3.55. The van der Waals surface area contributed by atoms with Gasteiger partial charge in [-0.05, 0) is 65.5 Å². The van der Waals surface area contributed by atoms with Crippen molar-refractivity contribution in [3.05, 3.63) is 99.5 Å². The molecule has 302 valence electrons. The van der Waals surface area contributed by atoms with Gasteiger partial charge in [-0.1, -0.05) is 114 Å². The lowest BCUT2D eigenvalue weighted by molar-refractivity contribution is -0.136. The number of hydrogen-bond donors (Lipinski definition) is 6. The molecule has 0 spiro atoms. The van der Waals surface area contributed by atoms with Gasteiger partial charge in [-0.2, -0.15) is 13.2 Å². The molecule has 0 fully saturated rings. The second kappa shape index (κ2) is 18.5. The number of aromatic amines is 1. The van der Waals surface area contributed by atoms with Gasteiger partial charge < -0.3 is 26.0 Å². The van der Waals surface area contributed by atoms with E-state index in [0.717, 1.165) is 29.2 Å². The first-order valence-electron chi connectivity index (χ1n) is 19.3. The molecular formula is C42H52ClF3N6O3S. The van der Waals surface area contributed by atoms with Gasteiger partial charge in [0.05, 0.1) is 34.6 Å². The summed E-state index contributed by atoms with van der Waals surface area (Å²) in [5.41, 5.74) is 1.60. The van der Waals surface area contributed by atoms with Crippen LogP contribution >= 0.6 is 23.8 Å². The minimum atomic E-state index is -4.59. The minimum Gasteiger partial charge on any atom is -0.376 e. The molecule has 2 aromatic heterocycles. The Morgan fingerprint density at radius 1 is 1.00 bits per heavy atom. The third-order valence-corrected chi connectivity index (χ3v) is 11.9. The van der Waals surface area contributed by atoms with Gasteiger partial charge in [-0.15, -0.1) is 0 Å². The first-order chi connectivity index (χ1) is 26.6. The van der Waals surface area contributed by atoms with Crippen LogP contribution in [-0.2, 0) is 48.0 Å². The van der Waals surface area contributed by atoms with Crippen molar-refractivity contribution in [3.63, 3.8) is 0 Å². The lowest BCUT2D eigenvalue weighted by Gasteiger charge is -2.42. The lowest BCUT2D eigenvalue weighted by Crippen LogP contribution is -2.68. The standard InChI is InChI=1S/C42H52ClF3N6O3S/c1-6-24(4)35(50-34(53)20-28-13-10-9-12-27(28)8-3)38(54)52-41(19-18-32-30(21-41)29-14-11-15-31(37(29)49-32)42(44,45)46)40(55)51-36(25(5)7-2)39(56)48-23-26-16-17-33(43)47-22-26/h9-17,22,24-25,35-36,38,49,52,54H,6-8,18-21,23H2,1-5H3,(H,48,56)(H,50,53)(H,51,55)/t24?,25?,35-,36-,38?,41+/m0/s1. The normalized spacial score (nSPS) is 18.3. The first kappa shape index (κ1) is 43.1. The molecule has 3 unspecified atom stereocenters. The number of amides is 2. The Balaban J connectivity index is 1.48. The fourth-order valence-electron chi connectivity index (χ4n) is 7.53. The highest BCUT2D eigenvalue weighted by atomic mass is 35.5. The number of nitrogens with one attached hydrogen (secondary N) is 5. The maximum atomic E-state index is 14.9. The number of aliphatic hydroxyl groups excluding tert-OH is 1. The van der Waals surface area contributed by atoms with Gasteiger partial charge >= 0.3 is 6.18 Å². The van der Waals surface area contributed by atoms with Crippen molar-refractivity contribution in [2.24, 2.45) is 11.8 Å². The Kier molecular flexibility index (Phi) is 14.2. The Labute approximate surface area is 337 Å². The fourth-order valence-corrected chi connectivity index (χ4v) is 8.00. The molecule has 0 saturated heterocycles. The number of nitrogens with zero attached hydrogens (tertiary/aromatic N) is 1. The van der Waals surface area contributed by atoms with Gasteiger partial charge in [0, 0.05) is 30.2 Å². The Bertz CT molecular complexity index is 2010. The Morgan fingerprint density at radius 2 is 1.71 bits per heavy atom. The van der Waals surface area contributed by atoms with E-state index < -0.39 is 41.5 Å². The summed E-state index contributed by atoms with van der Waals surface area (Å²) in [6, 6.07) is 13.8. The lowest BCUT2D eigenvalue weighted by atomic mass is 9.77. The molecule has 56 heavy (non-hydrogen) atoms. The van der Waals surface area contributed by atoms with Crippen LogP contribution in [0.1, 0.15) is 87.4 Å². The average molecular weight is 813 g/mol. The molecule has 6 N–H and O–H groups in total. The van der Waals surface area contributed by atoms with E-state index >= 15 is 0 Å². The van der Waals surface area contributed by atoms with Crippen molar-refractivity contribution in [1.82, 2.24) is 31.2 Å². The number of aliphatic hydroxyl groups is 1. The zero-order valence-electron chi connectivity index (χ0n) is 32.4. The number of thiocarbonyl (C=S) groups is 1. The van der Waals surface area contributed by atoms with E-state index in [4.69, 9.17) is 23.8 Å². The summed E-state index contributed by atoms with van der Waals surface area (Å²) in [5.74, 6) is -1.06. The number of carbonyl (C=O) groups is 2. The number of hydrogen-bond acceptors (Lipinski definition) is 6. The molecule has 6 atom stereocenters. The van der Waals surface area contributed by atoms with Gasteiger partial charge in [0.1, 0.15) is 16.9 Å². The van der Waals surface area contributed by atoms with Crippen molar-refractivity contribution in [1.29, 1.82) is 0 Å². The Hall–Kier alpha value is -4.04. The van der Waals surface area contributed by atoms with Crippen molar-refractivity contribution in [3.8, 4) is 0 Å². The summed E-state index contributed by atoms with van der Waals surface area (Å²) in [4.78, 5) is 36.0. The van der Waals surface area contributed by atoms with E-state index in [-0.39, 0.29) is 48.9 Å². The van der Waals surface area contributed by atoms with E-state index in [1.54, 1.807) is 18.3 Å². The van der Waals surface area contributed by atoms with Crippen LogP contribution in [0.3, 0.4) is 0 Å². The summed E-state index contributed by atoms with van der Waals surface area (Å²) >= 11 is 11.8. The number of carbonyl (C=O) groups excluding carboxylic acids is 2. The molecule has 0 aliphatic heterocycles. The maximum absolute atomic E-state index is 14.9. The maximum Gasteiger partial charge on any atom is 0.418 e. The number of H-pyrrole nitrogens is 1. The number of aromatic nitrogens is 2. The largest absolute Gasteiger partial charge is 0.418 e. The highest BCUT2D eigenvalue weighted by molar-refractivity contribution is 7.80. The summed E-state index contributed by atoms with van der Waals surface area (Å²) < 4.78 is 42.4. The molecule has 0 radical (unpaired) electrons. The van der Waals surface area contributed by atoms with Crippen LogP contribution in [-0.4, -0.2) is 55.7 Å². The molecule has 0 saturated carbocycles. The molecule has 1 aliphatic carbocycles. The van der Waals surface area contributed by atoms with Crippen LogP contribution in [0.25, 0.3) is 10.9 Å². The SMILES string of the molecule is CCc1ccccc1CC(=O)N[C@@H](C(C)CC)C(O)N[C@]1(C(=O)N[C@H](C(=S)NCc2ccc(Cl)nc2)C(C)CC)CCc2[nH]c3c(C(F)(F)F)cccc3c2C1. The summed E-state index contributed by atoms with van der Waals surface area (Å²) in [7, 11) is 0. The molecular weight excluding hydrogens is 761 g/mol. The second-order valence-corrected chi connectivity index (χ2v) is 15.8. The van der Waals surface area contributed by atoms with Crippen molar-refractivity contribution in [2.45, 2.75) is 116 Å². The fraction of sp³-hybridized carbons (Fsp3) is 0.476. The van der Waals surface area contributed by atoms with E-state index in [2.05, 4.69) is 31.2 Å². The van der Waals surface area contributed by atoms with Crippen molar-refractivity contribution < 1.29 is 27.9 Å².